The van der Waals surface area contributed by atoms with Crippen LogP contribution in [0.3, 0.4) is 0 Å². The Kier molecular flexibility index (Phi) is 3.39. The lowest BCUT2D eigenvalue weighted by Crippen LogP contribution is -2.66. The zero-order chi connectivity index (χ0) is 13.6. The molecule has 3 saturated heterocycles. The van der Waals surface area contributed by atoms with Crippen LogP contribution in [0.15, 0.2) is 0 Å². The maximum absolute atomic E-state index is 12.4. The molecule has 0 aromatic rings. The van der Waals surface area contributed by atoms with Crippen LogP contribution in [0.1, 0.15) is 26.7 Å². The zero-order valence-electron chi connectivity index (χ0n) is 11.5. The molecule has 0 aromatic carbocycles. The quantitative estimate of drug-likeness (QED) is 0.563. The van der Waals surface area contributed by atoms with Crippen LogP contribution >= 0.6 is 0 Å². The van der Waals surface area contributed by atoms with Crippen molar-refractivity contribution in [2.45, 2.75) is 51.0 Å². The zero-order valence-corrected chi connectivity index (χ0v) is 11.5. The Morgan fingerprint density at radius 1 is 1.32 bits per heavy atom. The highest BCUT2D eigenvalue weighted by molar-refractivity contribution is 5.85. The molecule has 0 saturated carbocycles. The summed E-state index contributed by atoms with van der Waals surface area (Å²) >= 11 is 0. The molecular formula is C13H20O6. The van der Waals surface area contributed by atoms with E-state index < -0.39 is 18.2 Å². The number of ketones is 1. The number of Topliss-reactive ketones (excluding diaryl/α,β-unsaturated/α-hetero) is 1. The van der Waals surface area contributed by atoms with Gasteiger partial charge >= 0.3 is 0 Å². The molecule has 6 nitrogen and oxygen atoms in total. The Hall–Kier alpha value is -0.530. The molecule has 4 bridgehead atoms. The lowest BCUT2D eigenvalue weighted by atomic mass is 9.72. The molecule has 0 aromatic heterocycles. The maximum Gasteiger partial charge on any atom is 0.223 e. The summed E-state index contributed by atoms with van der Waals surface area (Å²) in [7, 11) is 1.65. The largest absolute Gasteiger partial charge is 0.385 e. The number of rotatable bonds is 4. The van der Waals surface area contributed by atoms with E-state index in [1.807, 2.05) is 13.8 Å². The van der Waals surface area contributed by atoms with E-state index in [1.165, 1.54) is 0 Å². The van der Waals surface area contributed by atoms with Gasteiger partial charge in [0.05, 0.1) is 0 Å². The Balaban J connectivity index is 1.88. The van der Waals surface area contributed by atoms with Gasteiger partial charge in [0.1, 0.15) is 17.5 Å². The normalized spacial score (nSPS) is 48.6. The van der Waals surface area contributed by atoms with Crippen LogP contribution in [0, 0.1) is 11.8 Å². The number of ether oxygens (including phenoxy) is 3. The average Bonchev–Trinajstić information content (AvgIpc) is 2.85. The molecule has 0 radical (unpaired) electrons. The standard InChI is InChI=1S/C13H20O6/c1-7-9(14)8(2)13(5-4-6-15-3)12-16-11(18-19-12)10(7)17-13/h7-8,10-12H,4-6H2,1-3H3/t7-,8+,10-,11-,12+,13-/m1/s1. The molecule has 3 rings (SSSR count). The second-order valence-corrected chi connectivity index (χ2v) is 5.58. The lowest BCUT2D eigenvalue weighted by molar-refractivity contribution is -0.319. The first-order chi connectivity index (χ1) is 9.10. The monoisotopic (exact) mass is 272 g/mol. The SMILES string of the molecule is COCCC[C@]12O[C@@H]([C@H]3OO[C@@H]1O3)[C@H](C)C(=O)[C@@H]2C. The van der Waals surface area contributed by atoms with Crippen molar-refractivity contribution in [3.05, 3.63) is 0 Å². The fraction of sp³-hybridized carbons (Fsp3) is 0.923. The minimum absolute atomic E-state index is 0.195. The van der Waals surface area contributed by atoms with Gasteiger partial charge in [-0.05, 0) is 12.8 Å². The van der Waals surface area contributed by atoms with E-state index in [4.69, 9.17) is 24.0 Å². The molecular weight excluding hydrogens is 252 g/mol. The van der Waals surface area contributed by atoms with Gasteiger partial charge in [-0.3, -0.25) is 4.79 Å². The molecule has 6 heteroatoms. The second kappa shape index (κ2) is 4.79. The van der Waals surface area contributed by atoms with E-state index in [0.717, 1.165) is 6.42 Å². The average molecular weight is 272 g/mol. The highest BCUT2D eigenvalue weighted by atomic mass is 17.3. The summed E-state index contributed by atoms with van der Waals surface area (Å²) in [6, 6.07) is 0. The molecule has 0 amide bonds. The van der Waals surface area contributed by atoms with Crippen molar-refractivity contribution in [2.24, 2.45) is 11.8 Å². The van der Waals surface area contributed by atoms with Crippen molar-refractivity contribution in [1.29, 1.82) is 0 Å². The molecule has 3 aliphatic heterocycles. The fourth-order valence-electron chi connectivity index (χ4n) is 3.29. The van der Waals surface area contributed by atoms with Crippen LogP contribution in [0.5, 0.6) is 0 Å². The lowest BCUT2D eigenvalue weighted by Gasteiger charge is -2.51. The van der Waals surface area contributed by atoms with E-state index in [0.29, 0.717) is 13.0 Å². The summed E-state index contributed by atoms with van der Waals surface area (Å²) in [4.78, 5) is 22.8. The van der Waals surface area contributed by atoms with Gasteiger partial charge in [-0.25, -0.2) is 0 Å². The van der Waals surface area contributed by atoms with Crippen molar-refractivity contribution < 1.29 is 28.8 Å². The van der Waals surface area contributed by atoms with Gasteiger partial charge in [0.2, 0.25) is 12.6 Å². The van der Waals surface area contributed by atoms with Crippen molar-refractivity contribution in [2.75, 3.05) is 13.7 Å². The highest BCUT2D eigenvalue weighted by Crippen LogP contribution is 2.49. The van der Waals surface area contributed by atoms with Gasteiger partial charge in [0.15, 0.2) is 0 Å². The smallest absolute Gasteiger partial charge is 0.223 e. The van der Waals surface area contributed by atoms with Crippen LogP contribution < -0.4 is 0 Å². The van der Waals surface area contributed by atoms with Crippen LogP contribution in [0.2, 0.25) is 0 Å². The molecule has 0 spiro atoms. The maximum atomic E-state index is 12.4. The summed E-state index contributed by atoms with van der Waals surface area (Å²) in [5.74, 6) is -0.317. The highest BCUT2D eigenvalue weighted by Gasteiger charge is 2.65. The molecule has 3 aliphatic rings. The minimum Gasteiger partial charge on any atom is -0.385 e. The van der Waals surface area contributed by atoms with Gasteiger partial charge in [-0.15, -0.1) is 0 Å². The number of fused-ring (bicyclic) bond motifs is 6. The first-order valence-electron chi connectivity index (χ1n) is 6.78. The Morgan fingerprint density at radius 3 is 2.84 bits per heavy atom. The Bertz CT molecular complexity index is 372. The Morgan fingerprint density at radius 2 is 2.11 bits per heavy atom. The van der Waals surface area contributed by atoms with E-state index in [-0.39, 0.29) is 23.7 Å². The van der Waals surface area contributed by atoms with Crippen LogP contribution in [-0.4, -0.2) is 43.8 Å². The van der Waals surface area contributed by atoms with Crippen LogP contribution in [0.25, 0.3) is 0 Å². The van der Waals surface area contributed by atoms with Gasteiger partial charge < -0.3 is 14.2 Å². The molecule has 19 heavy (non-hydrogen) atoms. The van der Waals surface area contributed by atoms with Crippen LogP contribution in [0.4, 0.5) is 0 Å². The first kappa shape index (κ1) is 13.5. The van der Waals surface area contributed by atoms with E-state index in [1.54, 1.807) is 7.11 Å². The summed E-state index contributed by atoms with van der Waals surface area (Å²) in [5.41, 5.74) is -0.750. The number of carbonyl (C=O) groups excluding carboxylic acids is 1. The predicted octanol–water partition coefficient (Wildman–Crippen LogP) is 1.04. The number of hydrogen-bond acceptors (Lipinski definition) is 6. The third-order valence-electron chi connectivity index (χ3n) is 4.54. The summed E-state index contributed by atoms with van der Waals surface area (Å²) in [5, 5.41) is 0. The van der Waals surface area contributed by atoms with Gasteiger partial charge in [0.25, 0.3) is 0 Å². The van der Waals surface area contributed by atoms with Gasteiger partial charge in [0, 0.05) is 25.6 Å². The third kappa shape index (κ3) is 1.86. The van der Waals surface area contributed by atoms with Crippen LogP contribution in [-0.2, 0) is 28.8 Å². The predicted molar refractivity (Wildman–Crippen MR) is 62.9 cm³/mol. The topological polar surface area (TPSA) is 63.2 Å². The third-order valence-corrected chi connectivity index (χ3v) is 4.54. The molecule has 0 aliphatic carbocycles. The number of hydrogen-bond donors (Lipinski definition) is 0. The molecule has 108 valence electrons. The fourth-order valence-corrected chi connectivity index (χ4v) is 3.29. The molecule has 0 unspecified atom stereocenters. The Labute approximate surface area is 112 Å². The summed E-state index contributed by atoms with van der Waals surface area (Å²) in [6.07, 6.45) is -0.171. The molecule has 3 fully saturated rings. The molecule has 6 atom stereocenters. The van der Waals surface area contributed by atoms with Crippen molar-refractivity contribution in [3.63, 3.8) is 0 Å². The second-order valence-electron chi connectivity index (χ2n) is 5.58. The van der Waals surface area contributed by atoms with E-state index >= 15 is 0 Å². The van der Waals surface area contributed by atoms with Crippen molar-refractivity contribution >= 4 is 5.78 Å². The van der Waals surface area contributed by atoms with Crippen molar-refractivity contribution in [1.82, 2.24) is 0 Å². The molecule has 3 heterocycles. The van der Waals surface area contributed by atoms with Gasteiger partial charge in [-0.2, -0.15) is 9.78 Å². The number of methoxy groups -OCH3 is 1. The molecule has 0 N–H and O–H groups in total. The summed E-state index contributed by atoms with van der Waals surface area (Å²) < 4.78 is 17.0. The van der Waals surface area contributed by atoms with E-state index in [9.17, 15) is 4.79 Å². The number of carbonyl (C=O) groups is 1. The summed E-state index contributed by atoms with van der Waals surface area (Å²) in [6.45, 7) is 4.35. The van der Waals surface area contributed by atoms with Crippen molar-refractivity contribution in [3.8, 4) is 0 Å². The minimum atomic E-state index is -0.750. The van der Waals surface area contributed by atoms with Gasteiger partial charge in [-0.1, -0.05) is 13.8 Å². The first-order valence-corrected chi connectivity index (χ1v) is 6.78. The van der Waals surface area contributed by atoms with E-state index in [2.05, 4.69) is 0 Å².